The van der Waals surface area contributed by atoms with Crippen molar-refractivity contribution in [3.8, 4) is 0 Å². The summed E-state index contributed by atoms with van der Waals surface area (Å²) in [6.07, 6.45) is -0.515. The van der Waals surface area contributed by atoms with E-state index in [0.29, 0.717) is 24.7 Å². The second-order valence-corrected chi connectivity index (χ2v) is 9.26. The number of alkyl halides is 4. The second-order valence-electron chi connectivity index (χ2n) is 7.66. The summed E-state index contributed by atoms with van der Waals surface area (Å²) in [6.45, 7) is -2.09. The van der Waals surface area contributed by atoms with Crippen molar-refractivity contribution in [3.05, 3.63) is 0 Å². The van der Waals surface area contributed by atoms with E-state index in [-0.39, 0.29) is 5.92 Å². The third-order valence-corrected chi connectivity index (χ3v) is 7.40. The fourth-order valence-corrected chi connectivity index (χ4v) is 5.53. The molecule has 0 aromatic rings. The topological polar surface area (TPSA) is 80.7 Å². The van der Waals surface area contributed by atoms with Crippen molar-refractivity contribution in [2.45, 2.75) is 56.1 Å². The fraction of sp³-hybridized carbons (Fsp3) is 0.933. The number of hydrogen-bond donors (Lipinski definition) is 1. The highest BCUT2D eigenvalue weighted by Crippen LogP contribution is 2.60. The van der Waals surface area contributed by atoms with Crippen molar-refractivity contribution in [1.29, 1.82) is 0 Å². The van der Waals surface area contributed by atoms with Crippen LogP contribution in [0.2, 0.25) is 0 Å². The maximum absolute atomic E-state index is 14.0. The van der Waals surface area contributed by atoms with E-state index >= 15 is 0 Å². The molecule has 0 amide bonds. The van der Waals surface area contributed by atoms with E-state index < -0.39 is 39.3 Å². The van der Waals surface area contributed by atoms with Gasteiger partial charge in [0.05, 0.1) is 5.41 Å². The number of esters is 1. The van der Waals surface area contributed by atoms with Gasteiger partial charge >= 0.3 is 27.3 Å². The van der Waals surface area contributed by atoms with Gasteiger partial charge in [0.25, 0.3) is 0 Å². The smallest absolute Gasteiger partial charge is 0.443 e. The first-order valence-corrected chi connectivity index (χ1v) is 9.73. The minimum Gasteiger partial charge on any atom is -0.460 e. The first kappa shape index (κ1) is 18.9. The molecule has 3 bridgehead atoms. The van der Waals surface area contributed by atoms with Crippen LogP contribution in [0.4, 0.5) is 17.6 Å². The molecule has 0 aliphatic heterocycles. The molecule has 3 aliphatic carbocycles. The summed E-state index contributed by atoms with van der Waals surface area (Å²) < 4.78 is 87.4. The summed E-state index contributed by atoms with van der Waals surface area (Å²) in [4.78, 5) is 12.6. The minimum absolute atomic E-state index is 0.0292. The third kappa shape index (κ3) is 2.94. The predicted molar refractivity (Wildman–Crippen MR) is 77.6 cm³/mol. The van der Waals surface area contributed by atoms with Gasteiger partial charge in [0.1, 0.15) is 0 Å². The Balaban J connectivity index is 1.80. The third-order valence-electron chi connectivity index (χ3n) is 6.23. The van der Waals surface area contributed by atoms with E-state index in [9.17, 15) is 30.8 Å². The van der Waals surface area contributed by atoms with E-state index in [1.165, 1.54) is 0 Å². The normalized spacial score (nSPS) is 37.4. The van der Waals surface area contributed by atoms with Crippen LogP contribution >= 0.6 is 0 Å². The molecule has 10 heteroatoms. The molecule has 3 saturated carbocycles. The van der Waals surface area contributed by atoms with Gasteiger partial charge in [0.15, 0.2) is 6.61 Å². The van der Waals surface area contributed by atoms with Gasteiger partial charge in [-0.25, -0.2) is 4.39 Å². The molecule has 144 valence electrons. The van der Waals surface area contributed by atoms with E-state index in [1.807, 2.05) is 0 Å². The molecule has 0 aromatic carbocycles. The number of carbonyl (C=O) groups excluding carboxylic acids is 1. The zero-order valence-electron chi connectivity index (χ0n) is 13.4. The van der Waals surface area contributed by atoms with Crippen LogP contribution in [0.25, 0.3) is 0 Å². The van der Waals surface area contributed by atoms with Crippen molar-refractivity contribution in [2.75, 3.05) is 6.61 Å². The van der Waals surface area contributed by atoms with Crippen molar-refractivity contribution >= 4 is 16.1 Å². The average molecular weight is 388 g/mol. The Morgan fingerprint density at radius 1 is 1.08 bits per heavy atom. The Labute approximate surface area is 142 Å². The molecule has 1 N–H and O–H groups in total. The highest BCUT2D eigenvalue weighted by atomic mass is 32.2. The van der Waals surface area contributed by atoms with Crippen LogP contribution in [0.5, 0.6) is 0 Å². The maximum atomic E-state index is 14.0. The molecule has 0 radical (unpaired) electrons. The Morgan fingerprint density at radius 2 is 1.60 bits per heavy atom. The molecule has 3 atom stereocenters. The molecule has 3 unspecified atom stereocenters. The average Bonchev–Trinajstić information content (AvgIpc) is 2.47. The monoisotopic (exact) mass is 388 g/mol. The van der Waals surface area contributed by atoms with Crippen molar-refractivity contribution < 1.29 is 40.1 Å². The first-order chi connectivity index (χ1) is 11.4. The number of rotatable bonds is 4. The fourth-order valence-electron chi connectivity index (χ4n) is 5.03. The molecule has 3 fully saturated rings. The summed E-state index contributed by atoms with van der Waals surface area (Å²) in [5.41, 5.74) is -0.949. The Bertz CT molecular complexity index is 645. The molecule has 0 aromatic heterocycles. The Morgan fingerprint density at radius 3 is 2.04 bits per heavy atom. The van der Waals surface area contributed by atoms with Gasteiger partial charge in [-0.15, -0.1) is 0 Å². The molecule has 0 heterocycles. The molecule has 5 nitrogen and oxygen atoms in total. The van der Waals surface area contributed by atoms with Crippen LogP contribution in [0.3, 0.4) is 0 Å². The van der Waals surface area contributed by atoms with E-state index in [4.69, 9.17) is 4.55 Å². The zero-order chi connectivity index (χ0) is 18.7. The second kappa shape index (κ2) is 5.80. The van der Waals surface area contributed by atoms with Crippen molar-refractivity contribution in [1.82, 2.24) is 0 Å². The zero-order valence-corrected chi connectivity index (χ0v) is 14.2. The lowest BCUT2D eigenvalue weighted by Gasteiger charge is -2.55. The molecular weight excluding hydrogens is 368 g/mol. The highest BCUT2D eigenvalue weighted by molar-refractivity contribution is 7.87. The van der Waals surface area contributed by atoms with Gasteiger partial charge in [0, 0.05) is 0 Å². The van der Waals surface area contributed by atoms with Crippen LogP contribution in [-0.2, 0) is 19.6 Å². The molecule has 0 spiro atoms. The Hall–Kier alpha value is -0.900. The lowest BCUT2D eigenvalue weighted by molar-refractivity contribution is -0.219. The van der Waals surface area contributed by atoms with Crippen molar-refractivity contribution in [3.63, 3.8) is 0 Å². The molecule has 0 saturated heterocycles. The van der Waals surface area contributed by atoms with Crippen LogP contribution in [-0.4, -0.2) is 36.7 Å². The van der Waals surface area contributed by atoms with Crippen LogP contribution in [0, 0.1) is 23.2 Å². The highest BCUT2D eigenvalue weighted by Gasteiger charge is 2.67. The number of carbonyl (C=O) groups is 1. The van der Waals surface area contributed by atoms with Crippen LogP contribution < -0.4 is 0 Å². The molecule has 3 rings (SSSR count). The van der Waals surface area contributed by atoms with Crippen molar-refractivity contribution in [2.24, 2.45) is 23.2 Å². The number of ether oxygens (including phenoxy) is 1. The largest absolute Gasteiger partial charge is 0.460 e. The summed E-state index contributed by atoms with van der Waals surface area (Å²) >= 11 is 0. The number of fused-ring (bicyclic) bond motifs is 2. The molecule has 25 heavy (non-hydrogen) atoms. The summed E-state index contributed by atoms with van der Waals surface area (Å²) in [5, 5.41) is -5.02. The van der Waals surface area contributed by atoms with Gasteiger partial charge in [-0.2, -0.15) is 21.6 Å². The molecular formula is C15H20F4O5S. The summed E-state index contributed by atoms with van der Waals surface area (Å²) in [5.74, 6) is -0.413. The van der Waals surface area contributed by atoms with Gasteiger partial charge in [-0.05, 0) is 49.9 Å². The lowest BCUT2D eigenvalue weighted by atomic mass is 9.49. The van der Waals surface area contributed by atoms with Gasteiger partial charge in [0.2, 0.25) is 0 Å². The maximum Gasteiger partial charge on any atom is 0.443 e. The Kier molecular flexibility index (Phi) is 4.38. The van der Waals surface area contributed by atoms with Gasteiger partial charge < -0.3 is 4.74 Å². The van der Waals surface area contributed by atoms with Gasteiger partial charge in [-0.3, -0.25) is 9.35 Å². The summed E-state index contributed by atoms with van der Waals surface area (Å²) in [6, 6.07) is 0. The van der Waals surface area contributed by atoms with E-state index in [2.05, 4.69) is 4.74 Å². The summed E-state index contributed by atoms with van der Waals surface area (Å²) in [7, 11) is -6.15. The van der Waals surface area contributed by atoms with E-state index in [1.54, 1.807) is 0 Å². The SMILES string of the molecule is O=C(OCC(F)(C(F)(F)F)S(=O)(=O)O)C12CC3CCC1CCC(C3)C2. The van der Waals surface area contributed by atoms with Crippen LogP contribution in [0.15, 0.2) is 0 Å². The predicted octanol–water partition coefficient (Wildman–Crippen LogP) is 3.25. The minimum atomic E-state index is -6.15. The van der Waals surface area contributed by atoms with E-state index in [0.717, 1.165) is 32.1 Å². The first-order valence-electron chi connectivity index (χ1n) is 8.29. The molecule has 3 aliphatic rings. The quantitative estimate of drug-likeness (QED) is 0.454. The lowest BCUT2D eigenvalue weighted by Crippen LogP contribution is -2.55. The van der Waals surface area contributed by atoms with Crippen LogP contribution in [0.1, 0.15) is 44.9 Å². The number of halogens is 4. The number of hydrogen-bond acceptors (Lipinski definition) is 4. The van der Waals surface area contributed by atoms with Gasteiger partial charge in [-0.1, -0.05) is 12.8 Å². The standard InChI is InChI=1S/C15H20F4O5S/c16-14(15(17,18)19,25(21,22)23)8-24-12(20)13-6-9-1-3-11(13)4-2-10(5-9)7-13/h9-11H,1-8H2,(H,21,22,23).